The van der Waals surface area contributed by atoms with E-state index < -0.39 is 0 Å². The molecule has 1 atom stereocenters. The number of nitrogens with zero attached hydrogens (tertiary/aromatic N) is 1. The van der Waals surface area contributed by atoms with E-state index in [1.807, 2.05) is 24.3 Å². The van der Waals surface area contributed by atoms with Crippen molar-refractivity contribution in [1.82, 2.24) is 0 Å². The lowest BCUT2D eigenvalue weighted by Gasteiger charge is -2.45. The molecule has 0 aromatic heterocycles. The summed E-state index contributed by atoms with van der Waals surface area (Å²) < 4.78 is 5.26. The lowest BCUT2D eigenvalue weighted by Crippen LogP contribution is -2.34. The molecule has 0 bridgehead atoms. The van der Waals surface area contributed by atoms with Gasteiger partial charge in [-0.05, 0) is 48.0 Å². The minimum atomic E-state index is 0.219. The number of para-hydroxylation sites is 1. The Balaban J connectivity index is 1.78. The standard InChI is InChI=1S/C20H16ClNO/c1-23-17-12-10-16(11-13-17)22-19-5-3-2-4-18(19)20(22)14-6-8-15(21)9-7-14/h2-13,20H,1H3. The minimum absolute atomic E-state index is 0.219. The first kappa shape index (κ1) is 14.2. The van der Waals surface area contributed by atoms with Crippen LogP contribution in [0.1, 0.15) is 17.2 Å². The highest BCUT2D eigenvalue weighted by Gasteiger charge is 2.36. The molecule has 3 aromatic rings. The molecule has 0 spiro atoms. The third kappa shape index (κ3) is 2.36. The Morgan fingerprint density at radius 2 is 1.57 bits per heavy atom. The molecule has 3 aromatic carbocycles. The zero-order valence-corrected chi connectivity index (χ0v) is 13.5. The molecule has 0 saturated heterocycles. The van der Waals surface area contributed by atoms with E-state index in [-0.39, 0.29) is 6.04 Å². The third-order valence-corrected chi connectivity index (χ3v) is 4.54. The number of hydrogen-bond donors (Lipinski definition) is 0. The van der Waals surface area contributed by atoms with E-state index in [1.54, 1.807) is 7.11 Å². The van der Waals surface area contributed by atoms with Crippen molar-refractivity contribution in [3.63, 3.8) is 0 Å². The van der Waals surface area contributed by atoms with Gasteiger partial charge in [-0.2, -0.15) is 0 Å². The summed E-state index contributed by atoms with van der Waals surface area (Å²) in [6, 6.07) is 25.0. The summed E-state index contributed by atoms with van der Waals surface area (Å²) in [5.74, 6) is 0.866. The molecule has 0 fully saturated rings. The fraction of sp³-hybridized carbons (Fsp3) is 0.100. The van der Waals surface area contributed by atoms with Gasteiger partial charge in [-0.3, -0.25) is 0 Å². The first-order chi connectivity index (χ1) is 11.3. The summed E-state index contributed by atoms with van der Waals surface area (Å²) in [6.07, 6.45) is 0. The van der Waals surface area contributed by atoms with E-state index in [4.69, 9.17) is 16.3 Å². The molecule has 3 heteroatoms. The Bertz CT molecular complexity index is 827. The van der Waals surface area contributed by atoms with E-state index in [0.717, 1.165) is 16.5 Å². The maximum absolute atomic E-state index is 6.04. The lowest BCUT2D eigenvalue weighted by atomic mass is 9.87. The van der Waals surface area contributed by atoms with Crippen LogP contribution in [-0.4, -0.2) is 7.11 Å². The monoisotopic (exact) mass is 321 g/mol. The number of hydrogen-bond acceptors (Lipinski definition) is 2. The molecule has 0 radical (unpaired) electrons. The quantitative estimate of drug-likeness (QED) is 0.623. The van der Waals surface area contributed by atoms with Gasteiger partial charge < -0.3 is 9.64 Å². The van der Waals surface area contributed by atoms with Crippen molar-refractivity contribution in [2.45, 2.75) is 6.04 Å². The molecule has 1 aliphatic rings. The number of anilines is 2. The molecule has 23 heavy (non-hydrogen) atoms. The molecule has 1 heterocycles. The highest BCUT2D eigenvalue weighted by atomic mass is 35.5. The Morgan fingerprint density at radius 3 is 2.26 bits per heavy atom. The summed E-state index contributed by atoms with van der Waals surface area (Å²) in [5.41, 5.74) is 4.98. The Labute approximate surface area is 140 Å². The van der Waals surface area contributed by atoms with Crippen LogP contribution in [0, 0.1) is 0 Å². The van der Waals surface area contributed by atoms with Gasteiger partial charge in [0.2, 0.25) is 0 Å². The van der Waals surface area contributed by atoms with Gasteiger partial charge >= 0.3 is 0 Å². The van der Waals surface area contributed by atoms with Crippen LogP contribution < -0.4 is 9.64 Å². The Hall–Kier alpha value is -2.45. The lowest BCUT2D eigenvalue weighted by molar-refractivity contribution is 0.415. The van der Waals surface area contributed by atoms with Crippen LogP contribution in [0.4, 0.5) is 11.4 Å². The number of methoxy groups -OCH3 is 1. The van der Waals surface area contributed by atoms with Crippen LogP contribution in [0.5, 0.6) is 5.75 Å². The number of benzene rings is 3. The first-order valence-electron chi connectivity index (χ1n) is 7.55. The molecule has 114 valence electrons. The summed E-state index contributed by atoms with van der Waals surface area (Å²) in [4.78, 5) is 2.35. The molecule has 0 N–H and O–H groups in total. The van der Waals surface area contributed by atoms with Crippen LogP contribution in [0.2, 0.25) is 5.02 Å². The fourth-order valence-electron chi connectivity index (χ4n) is 3.15. The highest BCUT2D eigenvalue weighted by molar-refractivity contribution is 6.30. The second-order valence-electron chi connectivity index (χ2n) is 5.58. The van der Waals surface area contributed by atoms with Gasteiger partial charge in [0.15, 0.2) is 0 Å². The maximum atomic E-state index is 6.04. The van der Waals surface area contributed by atoms with Gasteiger partial charge in [-0.15, -0.1) is 0 Å². The maximum Gasteiger partial charge on any atom is 0.119 e. The van der Waals surface area contributed by atoms with Gasteiger partial charge in [0.1, 0.15) is 5.75 Å². The van der Waals surface area contributed by atoms with Gasteiger partial charge in [0.05, 0.1) is 13.2 Å². The first-order valence-corrected chi connectivity index (χ1v) is 7.93. The summed E-state index contributed by atoms with van der Waals surface area (Å²) >= 11 is 6.04. The summed E-state index contributed by atoms with van der Waals surface area (Å²) in [5, 5.41) is 0.761. The predicted molar refractivity (Wildman–Crippen MR) is 94.9 cm³/mol. The SMILES string of the molecule is COc1ccc(N2c3ccccc3C2c2ccc(Cl)cc2)cc1. The zero-order valence-electron chi connectivity index (χ0n) is 12.7. The molecule has 0 amide bonds. The average molecular weight is 322 g/mol. The molecular formula is C20H16ClNO. The van der Waals surface area contributed by atoms with Crippen molar-refractivity contribution in [3.05, 3.63) is 88.9 Å². The minimum Gasteiger partial charge on any atom is -0.497 e. The van der Waals surface area contributed by atoms with Crippen molar-refractivity contribution in [3.8, 4) is 5.75 Å². The Kier molecular flexibility index (Phi) is 3.47. The van der Waals surface area contributed by atoms with Crippen molar-refractivity contribution in [1.29, 1.82) is 0 Å². The number of fused-ring (bicyclic) bond motifs is 1. The van der Waals surface area contributed by atoms with Crippen molar-refractivity contribution in [2.75, 3.05) is 12.0 Å². The van der Waals surface area contributed by atoms with Gasteiger partial charge in [-0.1, -0.05) is 41.9 Å². The number of rotatable bonds is 3. The molecule has 0 saturated carbocycles. The van der Waals surface area contributed by atoms with Crippen molar-refractivity contribution in [2.24, 2.45) is 0 Å². The fourth-order valence-corrected chi connectivity index (χ4v) is 3.28. The largest absolute Gasteiger partial charge is 0.497 e. The van der Waals surface area contributed by atoms with Crippen LogP contribution in [0.25, 0.3) is 0 Å². The van der Waals surface area contributed by atoms with E-state index in [2.05, 4.69) is 53.4 Å². The van der Waals surface area contributed by atoms with E-state index in [0.29, 0.717) is 0 Å². The van der Waals surface area contributed by atoms with Crippen molar-refractivity contribution >= 4 is 23.0 Å². The summed E-state index contributed by atoms with van der Waals surface area (Å²) in [6.45, 7) is 0. The topological polar surface area (TPSA) is 12.5 Å². The molecule has 2 nitrogen and oxygen atoms in total. The molecular weight excluding hydrogens is 306 g/mol. The summed E-state index contributed by atoms with van der Waals surface area (Å²) in [7, 11) is 1.68. The predicted octanol–water partition coefficient (Wildman–Crippen LogP) is 5.59. The zero-order chi connectivity index (χ0) is 15.8. The average Bonchev–Trinajstić information content (AvgIpc) is 2.58. The van der Waals surface area contributed by atoms with E-state index >= 15 is 0 Å². The molecule has 1 unspecified atom stereocenters. The van der Waals surface area contributed by atoms with E-state index in [9.17, 15) is 0 Å². The smallest absolute Gasteiger partial charge is 0.119 e. The van der Waals surface area contributed by atoms with Crippen molar-refractivity contribution < 1.29 is 4.74 Å². The van der Waals surface area contributed by atoms with Gasteiger partial charge in [0, 0.05) is 22.0 Å². The second kappa shape index (κ2) is 5.64. The number of halogens is 1. The number of ether oxygens (including phenoxy) is 1. The van der Waals surface area contributed by atoms with Crippen LogP contribution in [-0.2, 0) is 0 Å². The highest BCUT2D eigenvalue weighted by Crippen LogP contribution is 2.51. The molecule has 1 aliphatic heterocycles. The van der Waals surface area contributed by atoms with Crippen LogP contribution in [0.15, 0.2) is 72.8 Å². The van der Waals surface area contributed by atoms with Gasteiger partial charge in [0.25, 0.3) is 0 Å². The van der Waals surface area contributed by atoms with Crippen LogP contribution >= 0.6 is 11.6 Å². The van der Waals surface area contributed by atoms with Crippen LogP contribution in [0.3, 0.4) is 0 Å². The third-order valence-electron chi connectivity index (χ3n) is 4.29. The van der Waals surface area contributed by atoms with E-state index in [1.165, 1.54) is 16.8 Å². The molecule has 0 aliphatic carbocycles. The normalized spacial score (nSPS) is 15.7. The second-order valence-corrected chi connectivity index (χ2v) is 6.02. The van der Waals surface area contributed by atoms with Gasteiger partial charge in [-0.25, -0.2) is 0 Å². The molecule has 4 rings (SSSR count). The Morgan fingerprint density at radius 1 is 0.870 bits per heavy atom.